The summed E-state index contributed by atoms with van der Waals surface area (Å²) >= 11 is 4.82. The number of amides is 2. The number of carbonyl (C=O) groups is 2. The molecular formula is C11H13F3N2O3S. The van der Waals surface area contributed by atoms with E-state index in [-0.39, 0.29) is 31.3 Å². The van der Waals surface area contributed by atoms with Gasteiger partial charge in [-0.15, -0.1) is 0 Å². The Kier molecular flexibility index (Phi) is 4.17. The smallest absolute Gasteiger partial charge is 0.469 e. The van der Waals surface area contributed by atoms with Crippen molar-refractivity contribution in [1.29, 1.82) is 0 Å². The first kappa shape index (κ1) is 15.0. The van der Waals surface area contributed by atoms with E-state index in [1.807, 2.05) is 0 Å². The summed E-state index contributed by atoms with van der Waals surface area (Å²) in [4.78, 5) is 25.4. The van der Waals surface area contributed by atoms with Crippen LogP contribution in [0.4, 0.5) is 13.2 Å². The second kappa shape index (κ2) is 5.55. The quantitative estimate of drug-likeness (QED) is 0.680. The summed E-state index contributed by atoms with van der Waals surface area (Å²) in [6.45, 7) is 0.364. The van der Waals surface area contributed by atoms with Crippen molar-refractivity contribution in [2.45, 2.75) is 31.5 Å². The molecule has 0 unspecified atom stereocenters. The van der Waals surface area contributed by atoms with Crippen molar-refractivity contribution in [2.24, 2.45) is 0 Å². The lowest BCUT2D eigenvalue weighted by molar-refractivity contribution is -0.190. The van der Waals surface area contributed by atoms with Crippen LogP contribution >= 0.6 is 12.2 Å². The molecule has 2 aliphatic heterocycles. The number of carbonyl (C=O) groups excluding carboxylic acids is 2. The molecule has 0 N–H and O–H groups in total. The van der Waals surface area contributed by atoms with Gasteiger partial charge < -0.3 is 9.64 Å². The molecule has 0 aromatic rings. The van der Waals surface area contributed by atoms with E-state index in [2.05, 4.69) is 0 Å². The minimum absolute atomic E-state index is 0.0417. The molecule has 5 nitrogen and oxygen atoms in total. The van der Waals surface area contributed by atoms with E-state index in [0.717, 1.165) is 4.90 Å². The van der Waals surface area contributed by atoms with E-state index < -0.39 is 24.0 Å². The molecule has 2 saturated heterocycles. The number of alkyl halides is 3. The molecule has 0 saturated carbocycles. The largest absolute Gasteiger partial charge is 0.471 e. The minimum atomic E-state index is -4.97. The van der Waals surface area contributed by atoms with E-state index >= 15 is 0 Å². The molecule has 1 atom stereocenters. The zero-order valence-corrected chi connectivity index (χ0v) is 11.3. The van der Waals surface area contributed by atoms with Gasteiger partial charge in [0.15, 0.2) is 0 Å². The highest BCUT2D eigenvalue weighted by Crippen LogP contribution is 2.26. The van der Waals surface area contributed by atoms with Crippen molar-refractivity contribution in [3.05, 3.63) is 0 Å². The van der Waals surface area contributed by atoms with Crippen LogP contribution in [-0.2, 0) is 14.3 Å². The maximum atomic E-state index is 12.6. The molecule has 0 spiro atoms. The molecule has 2 fully saturated rings. The van der Waals surface area contributed by atoms with E-state index in [1.165, 1.54) is 0 Å². The standard InChI is InChI=1S/C11H13F3N2O3S/c12-11(13,14)9(18)15-4-2-1-3-7(15)8(17)16-5-6-19-10(16)20/h7H,1-6H2/t7-/m1/s1. The molecule has 0 bridgehead atoms. The monoisotopic (exact) mass is 310 g/mol. The first-order chi connectivity index (χ1) is 9.32. The molecule has 0 aromatic heterocycles. The van der Waals surface area contributed by atoms with Crippen LogP contribution in [0.2, 0.25) is 0 Å². The molecular weight excluding hydrogens is 297 g/mol. The van der Waals surface area contributed by atoms with E-state index in [1.54, 1.807) is 0 Å². The molecule has 2 heterocycles. The van der Waals surface area contributed by atoms with E-state index in [4.69, 9.17) is 17.0 Å². The number of hydrogen-bond donors (Lipinski definition) is 0. The van der Waals surface area contributed by atoms with Crippen LogP contribution in [-0.4, -0.2) is 58.7 Å². The number of likely N-dealkylation sites (tertiary alicyclic amines) is 1. The number of piperidine rings is 1. The van der Waals surface area contributed by atoms with Crippen molar-refractivity contribution in [1.82, 2.24) is 9.80 Å². The predicted octanol–water partition coefficient (Wildman–Crippen LogP) is 1.07. The average molecular weight is 310 g/mol. The lowest BCUT2D eigenvalue weighted by atomic mass is 10.0. The predicted molar refractivity (Wildman–Crippen MR) is 65.7 cm³/mol. The highest BCUT2D eigenvalue weighted by molar-refractivity contribution is 7.80. The third kappa shape index (κ3) is 2.87. The molecule has 0 radical (unpaired) electrons. The Morgan fingerprint density at radius 1 is 1.25 bits per heavy atom. The summed E-state index contributed by atoms with van der Waals surface area (Å²) in [5.41, 5.74) is 0. The van der Waals surface area contributed by atoms with Gasteiger partial charge in [-0.1, -0.05) is 0 Å². The Morgan fingerprint density at radius 3 is 2.50 bits per heavy atom. The third-order valence-electron chi connectivity index (χ3n) is 3.32. The molecule has 2 aliphatic rings. The number of ether oxygens (including phenoxy) is 1. The lowest BCUT2D eigenvalue weighted by Gasteiger charge is -2.36. The summed E-state index contributed by atoms with van der Waals surface area (Å²) in [5.74, 6) is -2.56. The van der Waals surface area contributed by atoms with Gasteiger partial charge in [-0.3, -0.25) is 14.5 Å². The first-order valence-corrected chi connectivity index (χ1v) is 6.59. The Morgan fingerprint density at radius 2 is 1.95 bits per heavy atom. The summed E-state index contributed by atoms with van der Waals surface area (Å²) in [6, 6.07) is -1.11. The van der Waals surface area contributed by atoms with Crippen molar-refractivity contribution < 1.29 is 27.5 Å². The van der Waals surface area contributed by atoms with Crippen LogP contribution in [0.1, 0.15) is 19.3 Å². The first-order valence-electron chi connectivity index (χ1n) is 6.18. The molecule has 20 heavy (non-hydrogen) atoms. The average Bonchev–Trinajstić information content (AvgIpc) is 2.82. The van der Waals surface area contributed by atoms with E-state index in [0.29, 0.717) is 17.7 Å². The fraction of sp³-hybridized carbons (Fsp3) is 0.727. The zero-order valence-electron chi connectivity index (χ0n) is 10.5. The van der Waals surface area contributed by atoms with Crippen molar-refractivity contribution in [3.63, 3.8) is 0 Å². The number of halogens is 3. The van der Waals surface area contributed by atoms with Crippen LogP contribution in [0, 0.1) is 0 Å². The molecule has 9 heteroatoms. The van der Waals surface area contributed by atoms with Crippen molar-refractivity contribution in [2.75, 3.05) is 19.7 Å². The number of hydrogen-bond acceptors (Lipinski definition) is 4. The van der Waals surface area contributed by atoms with Gasteiger partial charge in [0, 0.05) is 6.54 Å². The Balaban J connectivity index is 2.16. The van der Waals surface area contributed by atoms with Crippen LogP contribution < -0.4 is 0 Å². The Hall–Kier alpha value is -1.38. The Labute approximate surface area is 118 Å². The van der Waals surface area contributed by atoms with E-state index in [9.17, 15) is 22.8 Å². The SMILES string of the molecule is O=C([C@H]1CCCCN1C(=O)C(F)(F)F)N1CCOC1=S. The topological polar surface area (TPSA) is 49.9 Å². The third-order valence-corrected chi connectivity index (χ3v) is 3.66. The van der Waals surface area contributed by atoms with Crippen LogP contribution in [0.3, 0.4) is 0 Å². The molecule has 2 rings (SSSR count). The van der Waals surface area contributed by atoms with Gasteiger partial charge in [0.1, 0.15) is 12.6 Å². The van der Waals surface area contributed by atoms with Crippen LogP contribution in [0.25, 0.3) is 0 Å². The highest BCUT2D eigenvalue weighted by atomic mass is 32.1. The van der Waals surface area contributed by atoms with Gasteiger partial charge >= 0.3 is 12.1 Å². The molecule has 2 amide bonds. The summed E-state index contributed by atoms with van der Waals surface area (Å²) in [6.07, 6.45) is -3.72. The molecule has 112 valence electrons. The maximum absolute atomic E-state index is 12.6. The second-order valence-electron chi connectivity index (χ2n) is 4.61. The van der Waals surface area contributed by atoms with Gasteiger partial charge in [-0.25, -0.2) is 0 Å². The normalized spacial score (nSPS) is 23.8. The summed E-state index contributed by atoms with van der Waals surface area (Å²) in [7, 11) is 0. The van der Waals surface area contributed by atoms with Crippen molar-refractivity contribution in [3.8, 4) is 0 Å². The van der Waals surface area contributed by atoms with Gasteiger partial charge in [-0.05, 0) is 31.5 Å². The number of nitrogens with zero attached hydrogens (tertiary/aromatic N) is 2. The van der Waals surface area contributed by atoms with Gasteiger partial charge in [0.2, 0.25) is 0 Å². The summed E-state index contributed by atoms with van der Waals surface area (Å²) < 4.78 is 42.6. The zero-order chi connectivity index (χ0) is 14.9. The molecule has 0 aliphatic carbocycles. The van der Waals surface area contributed by atoms with Crippen LogP contribution in [0.15, 0.2) is 0 Å². The van der Waals surface area contributed by atoms with Gasteiger partial charge in [-0.2, -0.15) is 13.2 Å². The maximum Gasteiger partial charge on any atom is 0.471 e. The highest BCUT2D eigenvalue weighted by Gasteiger charge is 2.48. The fourth-order valence-corrected chi connectivity index (χ4v) is 2.63. The van der Waals surface area contributed by atoms with Gasteiger partial charge in [0.05, 0.1) is 6.54 Å². The molecule has 0 aromatic carbocycles. The lowest BCUT2D eigenvalue weighted by Crippen LogP contribution is -2.56. The van der Waals surface area contributed by atoms with Crippen LogP contribution in [0.5, 0.6) is 0 Å². The fourth-order valence-electron chi connectivity index (χ4n) is 2.37. The Bertz CT molecular complexity index is 441. The summed E-state index contributed by atoms with van der Waals surface area (Å²) in [5, 5.41) is -0.0417. The van der Waals surface area contributed by atoms with Gasteiger partial charge in [0.25, 0.3) is 11.1 Å². The minimum Gasteiger partial charge on any atom is -0.469 e. The number of rotatable bonds is 1. The van der Waals surface area contributed by atoms with Crippen molar-refractivity contribution >= 4 is 29.2 Å². The number of thiocarbonyl (C=S) groups is 1. The second-order valence-corrected chi connectivity index (χ2v) is 4.96.